The molecule has 1 rings (SSSR count). The summed E-state index contributed by atoms with van der Waals surface area (Å²) in [4.78, 5) is 0. The molecule has 102 valence electrons. The van der Waals surface area contributed by atoms with Gasteiger partial charge in [0.25, 0.3) is 0 Å². The molecule has 0 saturated heterocycles. The minimum atomic E-state index is 0.708. The van der Waals surface area contributed by atoms with Crippen LogP contribution in [-0.2, 0) is 6.42 Å². The molecule has 0 heterocycles. The third-order valence-corrected chi connectivity index (χ3v) is 3.85. The van der Waals surface area contributed by atoms with Crippen molar-refractivity contribution in [1.82, 2.24) is 10.6 Å². The topological polar surface area (TPSA) is 24.1 Å². The Morgan fingerprint density at radius 2 is 1.78 bits per heavy atom. The summed E-state index contributed by atoms with van der Waals surface area (Å²) in [5.41, 5.74) is 1.39. The molecule has 1 aromatic rings. The summed E-state index contributed by atoms with van der Waals surface area (Å²) in [6.07, 6.45) is 1.09. The van der Waals surface area contributed by atoms with Crippen LogP contribution in [0.2, 0.25) is 0 Å². The number of rotatable bonds is 8. The van der Waals surface area contributed by atoms with Gasteiger partial charge >= 0.3 is 0 Å². The van der Waals surface area contributed by atoms with Gasteiger partial charge in [0.1, 0.15) is 0 Å². The van der Waals surface area contributed by atoms with E-state index in [0.29, 0.717) is 5.92 Å². The molecule has 0 fully saturated rings. The largest absolute Gasteiger partial charge is 0.319 e. The molecule has 0 bridgehead atoms. The first kappa shape index (κ1) is 15.7. The summed E-state index contributed by atoms with van der Waals surface area (Å²) < 4.78 is 1.15. The predicted octanol–water partition coefficient (Wildman–Crippen LogP) is 3.07. The third kappa shape index (κ3) is 5.98. The first-order valence-corrected chi connectivity index (χ1v) is 7.52. The van der Waals surface area contributed by atoms with E-state index >= 15 is 0 Å². The number of hydrogen-bond donors (Lipinski definition) is 2. The molecule has 1 atom stereocenters. The van der Waals surface area contributed by atoms with Gasteiger partial charge in [0.15, 0.2) is 0 Å². The third-order valence-electron chi connectivity index (χ3n) is 3.32. The number of halogens is 1. The smallest absolute Gasteiger partial charge is 0.0175 e. The fourth-order valence-corrected chi connectivity index (χ4v) is 2.24. The Hall–Kier alpha value is -0.380. The molecule has 0 aliphatic carbocycles. The lowest BCUT2D eigenvalue weighted by Crippen LogP contribution is -2.34. The van der Waals surface area contributed by atoms with Crippen LogP contribution in [0.5, 0.6) is 0 Å². The fraction of sp³-hybridized carbons (Fsp3) is 0.600. The van der Waals surface area contributed by atoms with E-state index < -0.39 is 0 Å². The zero-order valence-corrected chi connectivity index (χ0v) is 13.3. The van der Waals surface area contributed by atoms with E-state index in [9.17, 15) is 0 Å². The number of nitrogens with one attached hydrogen (secondary N) is 2. The second kappa shape index (κ2) is 8.68. The zero-order chi connectivity index (χ0) is 13.4. The molecule has 3 heteroatoms. The molecule has 2 nitrogen and oxygen atoms in total. The normalized spacial score (nSPS) is 12.9. The van der Waals surface area contributed by atoms with Crippen LogP contribution < -0.4 is 10.6 Å². The van der Waals surface area contributed by atoms with Gasteiger partial charge in [-0.25, -0.2) is 0 Å². The molecule has 0 amide bonds. The van der Waals surface area contributed by atoms with E-state index in [2.05, 4.69) is 64.7 Å². The van der Waals surface area contributed by atoms with Gasteiger partial charge in [0, 0.05) is 4.47 Å². The lowest BCUT2D eigenvalue weighted by molar-refractivity contribution is 0.354. The first-order chi connectivity index (χ1) is 8.63. The lowest BCUT2D eigenvalue weighted by atomic mass is 9.96. The molecule has 0 aromatic heterocycles. The SMILES string of the molecule is CNCC(CNCCc1ccc(Br)cc1)C(C)C. The van der Waals surface area contributed by atoms with Crippen molar-refractivity contribution in [2.75, 3.05) is 26.7 Å². The Balaban J connectivity index is 2.23. The van der Waals surface area contributed by atoms with E-state index in [4.69, 9.17) is 0 Å². The summed E-state index contributed by atoms with van der Waals surface area (Å²) in [5, 5.41) is 6.83. The van der Waals surface area contributed by atoms with Crippen LogP contribution in [0, 0.1) is 11.8 Å². The Morgan fingerprint density at radius 1 is 1.11 bits per heavy atom. The fourth-order valence-electron chi connectivity index (χ4n) is 1.98. The molecule has 1 unspecified atom stereocenters. The first-order valence-electron chi connectivity index (χ1n) is 6.73. The highest BCUT2D eigenvalue weighted by Gasteiger charge is 2.11. The molecule has 0 aliphatic rings. The Labute approximate surface area is 120 Å². The van der Waals surface area contributed by atoms with Crippen molar-refractivity contribution in [3.8, 4) is 0 Å². The van der Waals surface area contributed by atoms with Gasteiger partial charge in [-0.15, -0.1) is 0 Å². The lowest BCUT2D eigenvalue weighted by Gasteiger charge is -2.21. The monoisotopic (exact) mass is 312 g/mol. The summed E-state index contributed by atoms with van der Waals surface area (Å²) in [5.74, 6) is 1.43. The van der Waals surface area contributed by atoms with Gasteiger partial charge in [0.05, 0.1) is 0 Å². The van der Waals surface area contributed by atoms with Crippen molar-refractivity contribution in [3.63, 3.8) is 0 Å². The van der Waals surface area contributed by atoms with Crippen molar-refractivity contribution in [3.05, 3.63) is 34.3 Å². The zero-order valence-electron chi connectivity index (χ0n) is 11.7. The van der Waals surface area contributed by atoms with Crippen LogP contribution >= 0.6 is 15.9 Å². The van der Waals surface area contributed by atoms with Crippen molar-refractivity contribution >= 4 is 15.9 Å². The van der Waals surface area contributed by atoms with Crippen LogP contribution in [0.1, 0.15) is 19.4 Å². The molecule has 18 heavy (non-hydrogen) atoms. The highest BCUT2D eigenvalue weighted by atomic mass is 79.9. The van der Waals surface area contributed by atoms with E-state index in [0.717, 1.165) is 36.4 Å². The summed E-state index contributed by atoms with van der Waals surface area (Å²) in [7, 11) is 2.03. The minimum Gasteiger partial charge on any atom is -0.319 e. The van der Waals surface area contributed by atoms with Gasteiger partial charge in [-0.05, 0) is 62.6 Å². The molecule has 0 spiro atoms. The van der Waals surface area contributed by atoms with Crippen LogP contribution in [0.25, 0.3) is 0 Å². The average Bonchev–Trinajstić information content (AvgIpc) is 2.35. The molecule has 2 N–H and O–H groups in total. The second-order valence-corrected chi connectivity index (χ2v) is 6.06. The van der Waals surface area contributed by atoms with E-state index in [1.165, 1.54) is 5.56 Å². The van der Waals surface area contributed by atoms with Crippen LogP contribution in [0.4, 0.5) is 0 Å². The molecular formula is C15H25BrN2. The maximum absolute atomic E-state index is 3.56. The Morgan fingerprint density at radius 3 is 2.33 bits per heavy atom. The van der Waals surface area contributed by atoms with Gasteiger partial charge in [0.2, 0.25) is 0 Å². The molecule has 0 radical (unpaired) electrons. The van der Waals surface area contributed by atoms with Crippen LogP contribution in [0.15, 0.2) is 28.7 Å². The molecule has 0 saturated carbocycles. The number of benzene rings is 1. The van der Waals surface area contributed by atoms with Crippen molar-refractivity contribution in [2.45, 2.75) is 20.3 Å². The van der Waals surface area contributed by atoms with Gasteiger partial charge in [-0.1, -0.05) is 41.9 Å². The highest BCUT2D eigenvalue weighted by molar-refractivity contribution is 9.10. The van der Waals surface area contributed by atoms with Crippen LogP contribution in [0.3, 0.4) is 0 Å². The molecule has 0 aliphatic heterocycles. The Bertz CT molecular complexity index is 322. The number of hydrogen-bond acceptors (Lipinski definition) is 2. The van der Waals surface area contributed by atoms with Gasteiger partial charge < -0.3 is 10.6 Å². The minimum absolute atomic E-state index is 0.708. The second-order valence-electron chi connectivity index (χ2n) is 5.14. The predicted molar refractivity (Wildman–Crippen MR) is 83.0 cm³/mol. The van der Waals surface area contributed by atoms with E-state index in [1.807, 2.05) is 7.05 Å². The highest BCUT2D eigenvalue weighted by Crippen LogP contribution is 2.11. The summed E-state index contributed by atoms with van der Waals surface area (Å²) in [6, 6.07) is 8.57. The summed E-state index contributed by atoms with van der Waals surface area (Å²) in [6.45, 7) is 7.81. The maximum atomic E-state index is 3.56. The van der Waals surface area contributed by atoms with Crippen LogP contribution in [-0.4, -0.2) is 26.7 Å². The van der Waals surface area contributed by atoms with Gasteiger partial charge in [-0.3, -0.25) is 0 Å². The maximum Gasteiger partial charge on any atom is 0.0175 e. The summed E-state index contributed by atoms with van der Waals surface area (Å²) >= 11 is 3.46. The van der Waals surface area contributed by atoms with E-state index in [-0.39, 0.29) is 0 Å². The molecular weight excluding hydrogens is 288 g/mol. The Kier molecular flexibility index (Phi) is 7.56. The average molecular weight is 313 g/mol. The quantitative estimate of drug-likeness (QED) is 0.721. The van der Waals surface area contributed by atoms with Crippen molar-refractivity contribution in [2.24, 2.45) is 11.8 Å². The van der Waals surface area contributed by atoms with E-state index in [1.54, 1.807) is 0 Å². The van der Waals surface area contributed by atoms with Crippen molar-refractivity contribution < 1.29 is 0 Å². The molecule has 1 aromatic carbocycles. The standard InChI is InChI=1S/C15H25BrN2/c1-12(2)14(10-17-3)11-18-9-8-13-4-6-15(16)7-5-13/h4-7,12,14,17-18H,8-11H2,1-3H3. The van der Waals surface area contributed by atoms with Gasteiger partial charge in [-0.2, -0.15) is 0 Å². The van der Waals surface area contributed by atoms with Crippen molar-refractivity contribution in [1.29, 1.82) is 0 Å².